The average Bonchev–Trinajstić information content (AvgIpc) is 2.65. The molecule has 1 aromatic heterocycles. The lowest BCUT2D eigenvalue weighted by Gasteiger charge is -2.26. The van der Waals surface area contributed by atoms with Crippen molar-refractivity contribution in [1.29, 1.82) is 0 Å². The highest BCUT2D eigenvalue weighted by molar-refractivity contribution is 7.99. The van der Waals surface area contributed by atoms with Gasteiger partial charge in [-0.1, -0.05) is 0 Å². The number of aliphatic hydroxyl groups is 1. The lowest BCUT2D eigenvalue weighted by Crippen LogP contribution is -2.29. The molecule has 0 amide bonds. The Hall–Kier alpha value is -0.0300. The van der Waals surface area contributed by atoms with Gasteiger partial charge in [-0.25, -0.2) is 0 Å². The smallest absolute Gasteiger partial charge is 0.107 e. The molecule has 0 bridgehead atoms. The van der Waals surface area contributed by atoms with Crippen molar-refractivity contribution < 1.29 is 9.84 Å². The van der Waals surface area contributed by atoms with E-state index in [0.717, 1.165) is 23.7 Å². The highest BCUT2D eigenvalue weighted by Crippen LogP contribution is 2.29. The second kappa shape index (κ2) is 4.66. The Balaban J connectivity index is 2.07. The van der Waals surface area contributed by atoms with E-state index in [2.05, 4.69) is 0 Å². The van der Waals surface area contributed by atoms with Gasteiger partial charge in [0, 0.05) is 16.4 Å². The fourth-order valence-electron chi connectivity index (χ4n) is 1.59. The third-order valence-corrected chi connectivity index (χ3v) is 4.29. The molecule has 2 nitrogen and oxygen atoms in total. The van der Waals surface area contributed by atoms with E-state index in [-0.39, 0.29) is 6.10 Å². The van der Waals surface area contributed by atoms with E-state index < -0.39 is 6.10 Å². The predicted molar refractivity (Wildman–Crippen MR) is 61.1 cm³/mol. The van der Waals surface area contributed by atoms with Gasteiger partial charge in [0.1, 0.15) is 6.10 Å². The summed E-state index contributed by atoms with van der Waals surface area (Å²) >= 11 is 3.53. The fourth-order valence-corrected chi connectivity index (χ4v) is 3.23. The van der Waals surface area contributed by atoms with Crippen LogP contribution in [0, 0.1) is 6.92 Å². The zero-order valence-corrected chi connectivity index (χ0v) is 9.74. The van der Waals surface area contributed by atoms with Gasteiger partial charge in [0.2, 0.25) is 0 Å². The maximum atomic E-state index is 10.1. The van der Waals surface area contributed by atoms with E-state index in [1.807, 2.05) is 30.1 Å². The van der Waals surface area contributed by atoms with Gasteiger partial charge in [0.15, 0.2) is 0 Å². The van der Waals surface area contributed by atoms with Crippen molar-refractivity contribution in [2.75, 3.05) is 18.1 Å². The minimum Gasteiger partial charge on any atom is -0.386 e. The Morgan fingerprint density at radius 3 is 3.07 bits per heavy atom. The number of aliphatic hydroxyl groups excluding tert-OH is 1. The van der Waals surface area contributed by atoms with Crippen LogP contribution in [0.4, 0.5) is 0 Å². The second-order valence-corrected chi connectivity index (χ2v) is 5.63. The maximum absolute atomic E-state index is 10.1. The molecular formula is C10H14O2S2. The van der Waals surface area contributed by atoms with Crippen molar-refractivity contribution >= 4 is 23.1 Å². The quantitative estimate of drug-likeness (QED) is 0.845. The zero-order chi connectivity index (χ0) is 9.97. The first-order chi connectivity index (χ1) is 6.79. The molecule has 1 aromatic rings. The molecule has 1 saturated heterocycles. The van der Waals surface area contributed by atoms with E-state index in [9.17, 15) is 5.11 Å². The van der Waals surface area contributed by atoms with Gasteiger partial charge in [0.05, 0.1) is 12.7 Å². The van der Waals surface area contributed by atoms with Gasteiger partial charge in [-0.05, 0) is 23.9 Å². The van der Waals surface area contributed by atoms with Crippen molar-refractivity contribution in [2.45, 2.75) is 19.1 Å². The molecule has 78 valence electrons. The van der Waals surface area contributed by atoms with Crippen LogP contribution in [-0.4, -0.2) is 29.3 Å². The standard InChI is InChI=1S/C10H14O2S2/c1-7-8(2-4-14-7)10(11)9-6-13-5-3-12-9/h2,4,9-11H,3,5-6H2,1H3. The van der Waals surface area contributed by atoms with E-state index in [1.54, 1.807) is 11.3 Å². The van der Waals surface area contributed by atoms with Crippen molar-refractivity contribution in [2.24, 2.45) is 0 Å². The Bertz CT molecular complexity index is 292. The van der Waals surface area contributed by atoms with Crippen LogP contribution in [0.3, 0.4) is 0 Å². The number of hydrogen-bond donors (Lipinski definition) is 1. The zero-order valence-electron chi connectivity index (χ0n) is 8.10. The first-order valence-electron chi connectivity index (χ1n) is 4.70. The number of thioether (sulfide) groups is 1. The molecule has 0 aliphatic carbocycles. The van der Waals surface area contributed by atoms with Gasteiger partial charge < -0.3 is 9.84 Å². The Morgan fingerprint density at radius 1 is 1.64 bits per heavy atom. The molecule has 1 N–H and O–H groups in total. The summed E-state index contributed by atoms with van der Waals surface area (Å²) in [5.41, 5.74) is 1.03. The number of aryl methyl sites for hydroxylation is 1. The van der Waals surface area contributed by atoms with Crippen molar-refractivity contribution in [3.8, 4) is 0 Å². The van der Waals surface area contributed by atoms with Gasteiger partial charge in [0.25, 0.3) is 0 Å². The monoisotopic (exact) mass is 230 g/mol. The normalized spacial score (nSPS) is 24.9. The van der Waals surface area contributed by atoms with Crippen LogP contribution in [0.25, 0.3) is 0 Å². The highest BCUT2D eigenvalue weighted by atomic mass is 32.2. The number of hydrogen-bond acceptors (Lipinski definition) is 4. The van der Waals surface area contributed by atoms with Crippen LogP contribution in [0.1, 0.15) is 16.5 Å². The largest absolute Gasteiger partial charge is 0.386 e. The minimum atomic E-state index is -0.450. The summed E-state index contributed by atoms with van der Waals surface area (Å²) in [6, 6.07) is 1.99. The summed E-state index contributed by atoms with van der Waals surface area (Å²) in [4.78, 5) is 1.19. The van der Waals surface area contributed by atoms with Gasteiger partial charge in [-0.2, -0.15) is 11.8 Å². The number of ether oxygens (including phenoxy) is 1. The van der Waals surface area contributed by atoms with E-state index in [1.165, 1.54) is 4.88 Å². The summed E-state index contributed by atoms with van der Waals surface area (Å²) in [7, 11) is 0. The van der Waals surface area contributed by atoms with Crippen LogP contribution in [0.2, 0.25) is 0 Å². The van der Waals surface area contributed by atoms with Crippen LogP contribution in [-0.2, 0) is 4.74 Å². The molecule has 0 radical (unpaired) electrons. The number of thiophene rings is 1. The highest BCUT2D eigenvalue weighted by Gasteiger charge is 2.25. The molecular weight excluding hydrogens is 216 g/mol. The van der Waals surface area contributed by atoms with Gasteiger partial charge in [-0.15, -0.1) is 11.3 Å². The molecule has 1 aliphatic heterocycles. The Morgan fingerprint density at radius 2 is 2.50 bits per heavy atom. The summed E-state index contributed by atoms with van der Waals surface area (Å²) in [6.45, 7) is 2.80. The van der Waals surface area contributed by atoms with Crippen LogP contribution >= 0.6 is 23.1 Å². The predicted octanol–water partition coefficient (Wildman–Crippen LogP) is 2.22. The molecule has 2 unspecified atom stereocenters. The molecule has 14 heavy (non-hydrogen) atoms. The van der Waals surface area contributed by atoms with E-state index >= 15 is 0 Å². The molecule has 2 atom stereocenters. The van der Waals surface area contributed by atoms with Crippen LogP contribution < -0.4 is 0 Å². The molecule has 0 aromatic carbocycles. The summed E-state index contributed by atoms with van der Waals surface area (Å²) in [6.07, 6.45) is -0.476. The third-order valence-electron chi connectivity index (χ3n) is 2.41. The average molecular weight is 230 g/mol. The van der Waals surface area contributed by atoms with Crippen molar-refractivity contribution in [1.82, 2.24) is 0 Å². The lowest BCUT2D eigenvalue weighted by atomic mass is 10.1. The SMILES string of the molecule is Cc1sccc1C(O)C1CSCCO1. The molecule has 1 aliphatic rings. The molecule has 4 heteroatoms. The van der Waals surface area contributed by atoms with Crippen LogP contribution in [0.5, 0.6) is 0 Å². The van der Waals surface area contributed by atoms with Crippen LogP contribution in [0.15, 0.2) is 11.4 Å². The second-order valence-electron chi connectivity index (χ2n) is 3.36. The van der Waals surface area contributed by atoms with Gasteiger partial charge in [-0.3, -0.25) is 0 Å². The summed E-state index contributed by atoms with van der Waals surface area (Å²) in [5, 5.41) is 12.1. The maximum Gasteiger partial charge on any atom is 0.107 e. The summed E-state index contributed by atoms with van der Waals surface area (Å²) < 4.78 is 5.55. The van der Waals surface area contributed by atoms with Crippen molar-refractivity contribution in [3.05, 3.63) is 21.9 Å². The van der Waals surface area contributed by atoms with Gasteiger partial charge >= 0.3 is 0 Å². The molecule has 1 fully saturated rings. The Kier molecular flexibility index (Phi) is 3.49. The molecule has 2 rings (SSSR count). The van der Waals surface area contributed by atoms with Crippen molar-refractivity contribution in [3.63, 3.8) is 0 Å². The number of rotatable bonds is 2. The summed E-state index contributed by atoms with van der Waals surface area (Å²) in [5.74, 6) is 1.95. The topological polar surface area (TPSA) is 29.5 Å². The third kappa shape index (κ3) is 2.14. The minimum absolute atomic E-state index is 0.0259. The first-order valence-corrected chi connectivity index (χ1v) is 6.74. The van der Waals surface area contributed by atoms with E-state index in [0.29, 0.717) is 0 Å². The fraction of sp³-hybridized carbons (Fsp3) is 0.600. The lowest BCUT2D eigenvalue weighted by molar-refractivity contribution is -0.0228. The Labute approximate surface area is 92.3 Å². The first kappa shape index (κ1) is 10.5. The molecule has 2 heterocycles. The molecule has 0 saturated carbocycles. The molecule has 0 spiro atoms. The van der Waals surface area contributed by atoms with E-state index in [4.69, 9.17) is 4.74 Å².